The van der Waals surface area contributed by atoms with Gasteiger partial charge in [-0.15, -0.1) is 0 Å². The molecule has 1 fully saturated rings. The van der Waals surface area contributed by atoms with Gasteiger partial charge >= 0.3 is 6.09 Å². The van der Waals surface area contributed by atoms with Crippen LogP contribution in [0.25, 0.3) is 10.8 Å². The Hall–Kier alpha value is -3.07. The Morgan fingerprint density at radius 2 is 1.74 bits per heavy atom. The van der Waals surface area contributed by atoms with Gasteiger partial charge in [0.05, 0.1) is 32.5 Å². The van der Waals surface area contributed by atoms with Gasteiger partial charge in [0.15, 0.2) is 0 Å². The number of rotatable bonds is 11. The molecule has 7 nitrogen and oxygen atoms in total. The topological polar surface area (TPSA) is 77.5 Å². The van der Waals surface area contributed by atoms with Gasteiger partial charge in [-0.25, -0.2) is 4.79 Å². The van der Waals surface area contributed by atoms with Crippen LogP contribution >= 0.6 is 0 Å². The minimum Gasteiger partial charge on any atom is -0.493 e. The fraction of sp³-hybridized carbons (Fsp3) is 0.500. The summed E-state index contributed by atoms with van der Waals surface area (Å²) in [7, 11) is -1.22. The molecule has 228 valence electrons. The van der Waals surface area contributed by atoms with Gasteiger partial charge in [0, 0.05) is 25.9 Å². The Morgan fingerprint density at radius 3 is 2.43 bits per heavy atom. The number of carbonyl (C=O) groups is 1. The third kappa shape index (κ3) is 9.21. The molecular weight excluding hydrogens is 546 g/mol. The van der Waals surface area contributed by atoms with E-state index >= 15 is 0 Å². The van der Waals surface area contributed by atoms with Crippen molar-refractivity contribution in [1.82, 2.24) is 4.90 Å². The van der Waals surface area contributed by atoms with E-state index in [9.17, 15) is 4.79 Å². The predicted octanol–water partition coefficient (Wildman–Crippen LogP) is 7.24. The molecule has 2 unspecified atom stereocenters. The number of ether oxygens (including phenoxy) is 4. The molecule has 2 atom stereocenters. The van der Waals surface area contributed by atoms with E-state index in [0.29, 0.717) is 32.1 Å². The van der Waals surface area contributed by atoms with E-state index in [2.05, 4.69) is 56.0 Å². The lowest BCUT2D eigenvalue weighted by molar-refractivity contribution is -0.0359. The normalized spacial score (nSPS) is 17.7. The number of aliphatic hydroxyl groups is 1. The highest BCUT2D eigenvalue weighted by Gasteiger charge is 2.35. The van der Waals surface area contributed by atoms with Gasteiger partial charge in [0.25, 0.3) is 0 Å². The summed E-state index contributed by atoms with van der Waals surface area (Å²) in [6, 6.07) is 21.6. The minimum absolute atomic E-state index is 0.0271. The standard InChI is InChI=1S/C34H47NO6Si/c1-34(2,3)41-33(37)35-16-15-30(26-11-13-28(14-12-26)38-18-17-36)32(23-35)40-24-25-21-27-9-7-8-10-29(27)31(22-25)39-19-20-42(4,5)6/h7-14,21-22,30,32,36H,15-20,23-24H2,1-6H3. The zero-order valence-corrected chi connectivity index (χ0v) is 27.0. The van der Waals surface area contributed by atoms with Crippen molar-refractivity contribution in [2.45, 2.75) is 77.1 Å². The molecule has 1 heterocycles. The predicted molar refractivity (Wildman–Crippen MR) is 170 cm³/mol. The van der Waals surface area contributed by atoms with Crippen LogP contribution in [0.15, 0.2) is 60.7 Å². The molecule has 8 heteroatoms. The first-order chi connectivity index (χ1) is 19.9. The van der Waals surface area contributed by atoms with Gasteiger partial charge in [-0.3, -0.25) is 0 Å². The molecule has 3 aromatic carbocycles. The lowest BCUT2D eigenvalue weighted by Gasteiger charge is -2.39. The van der Waals surface area contributed by atoms with Crippen molar-refractivity contribution in [3.8, 4) is 11.5 Å². The lowest BCUT2D eigenvalue weighted by Crippen LogP contribution is -2.48. The zero-order chi connectivity index (χ0) is 30.3. The number of piperidine rings is 1. The monoisotopic (exact) mass is 593 g/mol. The fourth-order valence-electron chi connectivity index (χ4n) is 5.14. The quantitative estimate of drug-likeness (QED) is 0.236. The third-order valence-electron chi connectivity index (χ3n) is 7.34. The van der Waals surface area contributed by atoms with Gasteiger partial charge in [-0.2, -0.15) is 0 Å². The van der Waals surface area contributed by atoms with E-state index in [4.69, 9.17) is 24.1 Å². The number of amides is 1. The molecule has 0 aliphatic carbocycles. The van der Waals surface area contributed by atoms with Crippen LogP contribution in [0.1, 0.15) is 44.2 Å². The van der Waals surface area contributed by atoms with E-state index in [0.717, 1.165) is 40.1 Å². The highest BCUT2D eigenvalue weighted by Crippen LogP contribution is 2.34. The van der Waals surface area contributed by atoms with Crippen LogP contribution in [0.3, 0.4) is 0 Å². The molecule has 1 saturated heterocycles. The number of hydrogen-bond acceptors (Lipinski definition) is 6. The molecule has 0 radical (unpaired) electrons. The molecule has 1 aliphatic heterocycles. The Bertz CT molecular complexity index is 1310. The van der Waals surface area contributed by atoms with Gasteiger partial charge in [0.2, 0.25) is 0 Å². The zero-order valence-electron chi connectivity index (χ0n) is 26.0. The summed E-state index contributed by atoms with van der Waals surface area (Å²) in [6.45, 7) is 15.1. The van der Waals surface area contributed by atoms with Crippen LogP contribution in [0.2, 0.25) is 25.7 Å². The maximum Gasteiger partial charge on any atom is 0.410 e. The number of benzene rings is 3. The van der Waals surface area contributed by atoms with E-state index in [-0.39, 0.29) is 31.3 Å². The van der Waals surface area contributed by atoms with Crippen molar-refractivity contribution in [3.63, 3.8) is 0 Å². The first kappa shape index (κ1) is 31.9. The number of nitrogens with zero attached hydrogens (tertiary/aromatic N) is 1. The maximum atomic E-state index is 13.0. The molecule has 1 N–H and O–H groups in total. The molecular formula is C34H47NO6Si. The van der Waals surface area contributed by atoms with E-state index in [1.165, 1.54) is 0 Å². The highest BCUT2D eigenvalue weighted by atomic mass is 28.3. The second-order valence-electron chi connectivity index (χ2n) is 13.3. The molecule has 0 spiro atoms. The molecule has 4 rings (SSSR count). The van der Waals surface area contributed by atoms with Crippen LogP contribution in [0, 0.1) is 0 Å². The van der Waals surface area contributed by atoms with Crippen LogP contribution in [0.5, 0.6) is 11.5 Å². The third-order valence-corrected chi connectivity index (χ3v) is 9.04. The van der Waals surface area contributed by atoms with Crippen molar-refractivity contribution in [3.05, 3.63) is 71.8 Å². The lowest BCUT2D eigenvalue weighted by atomic mass is 9.87. The Labute approximate surface area is 251 Å². The van der Waals surface area contributed by atoms with Gasteiger partial charge in [0.1, 0.15) is 23.7 Å². The second kappa shape index (κ2) is 13.9. The van der Waals surface area contributed by atoms with E-state index in [1.54, 1.807) is 4.90 Å². The maximum absolute atomic E-state index is 13.0. The Kier molecular flexibility index (Phi) is 10.6. The Morgan fingerprint density at radius 1 is 1.00 bits per heavy atom. The molecule has 42 heavy (non-hydrogen) atoms. The average molecular weight is 594 g/mol. The first-order valence-corrected chi connectivity index (χ1v) is 18.7. The van der Waals surface area contributed by atoms with Gasteiger partial charge in [-0.1, -0.05) is 56.0 Å². The molecule has 0 saturated carbocycles. The molecule has 1 aliphatic rings. The van der Waals surface area contributed by atoms with E-state index < -0.39 is 13.7 Å². The molecule has 0 bridgehead atoms. The summed E-state index contributed by atoms with van der Waals surface area (Å²) >= 11 is 0. The number of likely N-dealkylation sites (tertiary alicyclic amines) is 1. The van der Waals surface area contributed by atoms with Crippen LogP contribution in [-0.4, -0.2) is 68.8 Å². The number of hydrogen-bond donors (Lipinski definition) is 1. The summed E-state index contributed by atoms with van der Waals surface area (Å²) in [5.74, 6) is 1.71. The number of aliphatic hydroxyl groups excluding tert-OH is 1. The summed E-state index contributed by atoms with van der Waals surface area (Å²) in [4.78, 5) is 14.7. The van der Waals surface area contributed by atoms with Crippen molar-refractivity contribution < 1.29 is 28.8 Å². The van der Waals surface area contributed by atoms with Gasteiger partial charge < -0.3 is 29.0 Å². The average Bonchev–Trinajstić information content (AvgIpc) is 2.93. The van der Waals surface area contributed by atoms with Gasteiger partial charge in [-0.05, 0) is 74.0 Å². The summed E-state index contributed by atoms with van der Waals surface area (Å²) in [5.41, 5.74) is 1.61. The smallest absolute Gasteiger partial charge is 0.410 e. The Balaban J connectivity index is 1.54. The summed E-state index contributed by atoms with van der Waals surface area (Å²) in [5, 5.41) is 11.3. The highest BCUT2D eigenvalue weighted by molar-refractivity contribution is 6.76. The van der Waals surface area contributed by atoms with Crippen molar-refractivity contribution in [1.29, 1.82) is 0 Å². The molecule has 0 aromatic heterocycles. The summed E-state index contributed by atoms with van der Waals surface area (Å²) < 4.78 is 24.2. The summed E-state index contributed by atoms with van der Waals surface area (Å²) in [6.07, 6.45) is 0.216. The fourth-order valence-corrected chi connectivity index (χ4v) is 5.86. The van der Waals surface area contributed by atoms with E-state index in [1.807, 2.05) is 45.0 Å². The van der Waals surface area contributed by atoms with Crippen molar-refractivity contribution >= 4 is 24.9 Å². The van der Waals surface area contributed by atoms with Crippen LogP contribution in [-0.2, 0) is 16.1 Å². The largest absolute Gasteiger partial charge is 0.493 e. The second-order valence-corrected chi connectivity index (χ2v) is 18.9. The van der Waals surface area contributed by atoms with Crippen LogP contribution in [0.4, 0.5) is 4.79 Å². The molecule has 1 amide bonds. The van der Waals surface area contributed by atoms with Crippen molar-refractivity contribution in [2.24, 2.45) is 0 Å². The van der Waals surface area contributed by atoms with Crippen LogP contribution < -0.4 is 9.47 Å². The minimum atomic E-state index is -1.22. The first-order valence-electron chi connectivity index (χ1n) is 15.0. The van der Waals surface area contributed by atoms with Crippen molar-refractivity contribution in [2.75, 3.05) is 32.9 Å². The SMILES string of the molecule is CC(C)(C)OC(=O)N1CCC(c2ccc(OCCO)cc2)C(OCc2cc(OCC[Si](C)(C)C)c3ccccc3c2)C1. The molecule has 3 aromatic rings. The number of fused-ring (bicyclic) bond motifs is 1. The number of carbonyl (C=O) groups excluding carboxylic acids is 1.